The highest BCUT2D eigenvalue weighted by atomic mass is 16.1. The van der Waals surface area contributed by atoms with Crippen molar-refractivity contribution in [3.8, 4) is 0 Å². The van der Waals surface area contributed by atoms with Crippen LogP contribution in [0.5, 0.6) is 0 Å². The Balaban J connectivity index is 1.41. The predicted octanol–water partition coefficient (Wildman–Crippen LogP) is 1.75. The molecular weight excluding hydrogens is 288 g/mol. The molecule has 23 heavy (non-hydrogen) atoms. The average molecular weight is 318 g/mol. The Bertz CT molecular complexity index is 542. The van der Waals surface area contributed by atoms with Crippen LogP contribution in [0.4, 0.5) is 0 Å². The van der Waals surface area contributed by atoms with Gasteiger partial charge in [-0.25, -0.2) is 4.98 Å². The third-order valence-electron chi connectivity index (χ3n) is 5.42. The summed E-state index contributed by atoms with van der Waals surface area (Å²) in [7, 11) is 0. The maximum atomic E-state index is 12.1. The van der Waals surface area contributed by atoms with E-state index in [2.05, 4.69) is 14.8 Å². The quantitative estimate of drug-likeness (QED) is 0.829. The van der Waals surface area contributed by atoms with Crippen LogP contribution in [0.3, 0.4) is 0 Å². The Morgan fingerprint density at radius 2 is 1.70 bits per heavy atom. The molecule has 2 fully saturated rings. The highest BCUT2D eigenvalue weighted by molar-refractivity contribution is 5.00. The van der Waals surface area contributed by atoms with Crippen molar-refractivity contribution in [1.82, 2.24) is 19.4 Å². The highest BCUT2D eigenvalue weighted by Gasteiger charge is 2.20. The minimum Gasteiger partial charge on any atom is -0.302 e. The molecule has 0 aromatic carbocycles. The zero-order valence-electron chi connectivity index (χ0n) is 14.4. The zero-order valence-corrected chi connectivity index (χ0v) is 14.4. The molecule has 0 aliphatic carbocycles. The van der Waals surface area contributed by atoms with Gasteiger partial charge in [-0.3, -0.25) is 9.36 Å². The van der Waals surface area contributed by atoms with Crippen LogP contribution in [0, 0.1) is 12.8 Å². The number of aromatic nitrogens is 2. The van der Waals surface area contributed by atoms with Crippen LogP contribution in [-0.4, -0.2) is 58.6 Å². The van der Waals surface area contributed by atoms with Gasteiger partial charge < -0.3 is 9.80 Å². The van der Waals surface area contributed by atoms with Crippen LogP contribution in [0.1, 0.15) is 37.7 Å². The van der Waals surface area contributed by atoms with E-state index in [1.54, 1.807) is 17.1 Å². The maximum Gasteiger partial charge on any atom is 0.256 e. The summed E-state index contributed by atoms with van der Waals surface area (Å²) in [5.41, 5.74) is 0.860. The van der Waals surface area contributed by atoms with Gasteiger partial charge in [-0.05, 0) is 64.7 Å². The predicted molar refractivity (Wildman–Crippen MR) is 92.7 cm³/mol. The van der Waals surface area contributed by atoms with Gasteiger partial charge in [0.1, 0.15) is 0 Å². The van der Waals surface area contributed by atoms with Gasteiger partial charge in [-0.15, -0.1) is 0 Å². The first-order chi connectivity index (χ1) is 11.2. The smallest absolute Gasteiger partial charge is 0.256 e. The largest absolute Gasteiger partial charge is 0.302 e. The van der Waals surface area contributed by atoms with Gasteiger partial charge in [0.05, 0.1) is 6.33 Å². The molecule has 1 aromatic rings. The van der Waals surface area contributed by atoms with Crippen molar-refractivity contribution in [1.29, 1.82) is 0 Å². The number of nitrogens with zero attached hydrogens (tertiary/aromatic N) is 4. The summed E-state index contributed by atoms with van der Waals surface area (Å²) in [6.07, 6.45) is 9.90. The van der Waals surface area contributed by atoms with Crippen molar-refractivity contribution in [2.24, 2.45) is 5.92 Å². The van der Waals surface area contributed by atoms with Gasteiger partial charge in [-0.2, -0.15) is 0 Å². The average Bonchev–Trinajstić information content (AvgIpc) is 2.59. The van der Waals surface area contributed by atoms with Crippen LogP contribution in [0.2, 0.25) is 0 Å². The highest BCUT2D eigenvalue weighted by Crippen LogP contribution is 2.18. The number of aryl methyl sites for hydroxylation is 1. The molecule has 1 aromatic heterocycles. The molecule has 0 saturated carbocycles. The van der Waals surface area contributed by atoms with E-state index in [1.165, 1.54) is 71.4 Å². The summed E-state index contributed by atoms with van der Waals surface area (Å²) in [4.78, 5) is 21.5. The molecule has 0 N–H and O–H groups in total. The first-order valence-corrected chi connectivity index (χ1v) is 9.18. The molecule has 3 heterocycles. The molecule has 0 unspecified atom stereocenters. The van der Waals surface area contributed by atoms with Crippen LogP contribution < -0.4 is 5.56 Å². The second-order valence-corrected chi connectivity index (χ2v) is 7.22. The molecule has 2 aliphatic heterocycles. The van der Waals surface area contributed by atoms with Gasteiger partial charge in [0.15, 0.2) is 0 Å². The van der Waals surface area contributed by atoms with E-state index in [9.17, 15) is 4.79 Å². The lowest BCUT2D eigenvalue weighted by Gasteiger charge is -2.34. The molecule has 128 valence electrons. The fraction of sp³-hybridized carbons (Fsp3) is 0.778. The molecule has 2 aliphatic rings. The fourth-order valence-electron chi connectivity index (χ4n) is 3.83. The monoisotopic (exact) mass is 318 g/mol. The summed E-state index contributed by atoms with van der Waals surface area (Å²) in [5.74, 6) is 0.613. The van der Waals surface area contributed by atoms with E-state index < -0.39 is 0 Å². The van der Waals surface area contributed by atoms with Gasteiger partial charge in [0, 0.05) is 31.4 Å². The number of piperidine rings is 2. The standard InChI is InChI=1S/C18H30N4O/c1-16-13-19-15-22(18(16)23)14-17-5-9-21(10-6-17)12-11-20-7-3-2-4-8-20/h13,15,17H,2-12,14H2,1H3. The van der Waals surface area contributed by atoms with E-state index in [0.717, 1.165) is 12.1 Å². The summed E-state index contributed by atoms with van der Waals surface area (Å²) in [5, 5.41) is 0. The number of hydrogen-bond donors (Lipinski definition) is 0. The first kappa shape index (κ1) is 16.7. The summed E-state index contributed by atoms with van der Waals surface area (Å²) in [6.45, 7) is 10.0. The second kappa shape index (κ2) is 8.06. The van der Waals surface area contributed by atoms with Crippen LogP contribution in [-0.2, 0) is 6.54 Å². The SMILES string of the molecule is Cc1cncn(CC2CCN(CCN3CCCCC3)CC2)c1=O. The minimum absolute atomic E-state index is 0.118. The van der Waals surface area contributed by atoms with E-state index in [4.69, 9.17) is 0 Å². The number of hydrogen-bond acceptors (Lipinski definition) is 4. The Morgan fingerprint density at radius 1 is 1.04 bits per heavy atom. The van der Waals surface area contributed by atoms with Crippen LogP contribution in [0.15, 0.2) is 17.3 Å². The lowest BCUT2D eigenvalue weighted by atomic mass is 9.96. The number of rotatable bonds is 5. The van der Waals surface area contributed by atoms with Crippen molar-refractivity contribution in [3.05, 3.63) is 28.4 Å². The van der Waals surface area contributed by atoms with Crippen molar-refractivity contribution in [2.45, 2.75) is 45.6 Å². The molecule has 0 amide bonds. The Hall–Kier alpha value is -1.20. The van der Waals surface area contributed by atoms with Crippen molar-refractivity contribution in [3.63, 3.8) is 0 Å². The third kappa shape index (κ3) is 4.64. The molecule has 0 atom stereocenters. The molecule has 5 heteroatoms. The Morgan fingerprint density at radius 3 is 2.39 bits per heavy atom. The van der Waals surface area contributed by atoms with Crippen LogP contribution >= 0.6 is 0 Å². The van der Waals surface area contributed by atoms with Crippen molar-refractivity contribution >= 4 is 0 Å². The maximum absolute atomic E-state index is 12.1. The van der Waals surface area contributed by atoms with Crippen molar-refractivity contribution in [2.75, 3.05) is 39.3 Å². The second-order valence-electron chi connectivity index (χ2n) is 7.22. The molecular formula is C18H30N4O. The molecule has 2 saturated heterocycles. The first-order valence-electron chi connectivity index (χ1n) is 9.18. The van der Waals surface area contributed by atoms with Crippen LogP contribution in [0.25, 0.3) is 0 Å². The normalized spacial score (nSPS) is 21.6. The number of likely N-dealkylation sites (tertiary alicyclic amines) is 2. The molecule has 0 spiro atoms. The summed E-state index contributed by atoms with van der Waals surface area (Å²) < 4.78 is 1.80. The van der Waals surface area contributed by atoms with Gasteiger partial charge >= 0.3 is 0 Å². The van der Waals surface area contributed by atoms with Gasteiger partial charge in [0.2, 0.25) is 0 Å². The lowest BCUT2D eigenvalue weighted by Crippen LogP contribution is -2.42. The molecule has 0 radical (unpaired) electrons. The van der Waals surface area contributed by atoms with E-state index in [0.29, 0.717) is 5.92 Å². The minimum atomic E-state index is 0.118. The fourth-order valence-corrected chi connectivity index (χ4v) is 3.83. The van der Waals surface area contributed by atoms with Gasteiger partial charge in [-0.1, -0.05) is 6.42 Å². The topological polar surface area (TPSA) is 41.4 Å². The van der Waals surface area contributed by atoms with Crippen molar-refractivity contribution < 1.29 is 0 Å². The van der Waals surface area contributed by atoms with Gasteiger partial charge in [0.25, 0.3) is 5.56 Å². The van der Waals surface area contributed by atoms with E-state index in [-0.39, 0.29) is 5.56 Å². The zero-order chi connectivity index (χ0) is 16.1. The third-order valence-corrected chi connectivity index (χ3v) is 5.42. The Kier molecular flexibility index (Phi) is 5.84. The lowest BCUT2D eigenvalue weighted by molar-refractivity contribution is 0.140. The molecule has 3 rings (SSSR count). The summed E-state index contributed by atoms with van der Waals surface area (Å²) >= 11 is 0. The summed E-state index contributed by atoms with van der Waals surface area (Å²) in [6, 6.07) is 0. The van der Waals surface area contributed by atoms with E-state index >= 15 is 0 Å². The molecule has 5 nitrogen and oxygen atoms in total. The van der Waals surface area contributed by atoms with E-state index in [1.807, 2.05) is 6.92 Å². The Labute approximate surface area is 139 Å². The molecule has 0 bridgehead atoms.